The number of hydrogen-bond donors (Lipinski definition) is 2. The number of aliphatic hydroxyl groups is 1. The van der Waals surface area contributed by atoms with Crippen LogP contribution in [0.15, 0.2) is 24.3 Å². The van der Waals surface area contributed by atoms with Crippen molar-refractivity contribution < 1.29 is 9.90 Å². The number of aliphatic hydroxyl groups excluding tert-OH is 1. The second kappa shape index (κ2) is 7.14. The summed E-state index contributed by atoms with van der Waals surface area (Å²) in [6.07, 6.45) is 2.24. The fourth-order valence-electron chi connectivity index (χ4n) is 1.49. The average molecular weight is 223 g/mol. The molecular weight excluding hydrogens is 202 g/mol. The standard InChI is InChI=1S/C12H17NO.CH4O/c1-12(2,13)9-11-5-3-4-10(8-11)6-7-14;1-2/h3-5,7-8H,6,9,13H2,1-2H3;2H,1H3. The molecule has 0 amide bonds. The highest BCUT2D eigenvalue weighted by Gasteiger charge is 2.11. The molecule has 16 heavy (non-hydrogen) atoms. The lowest BCUT2D eigenvalue weighted by molar-refractivity contribution is -0.107. The lowest BCUT2D eigenvalue weighted by atomic mass is 9.95. The first-order chi connectivity index (χ1) is 7.51. The maximum absolute atomic E-state index is 10.3. The Kier molecular flexibility index (Phi) is 6.61. The van der Waals surface area contributed by atoms with Crippen LogP contribution in [0, 0.1) is 0 Å². The van der Waals surface area contributed by atoms with Crippen molar-refractivity contribution in [1.82, 2.24) is 0 Å². The van der Waals surface area contributed by atoms with Crippen molar-refractivity contribution in [2.45, 2.75) is 32.2 Å². The molecule has 0 aliphatic carbocycles. The summed E-state index contributed by atoms with van der Waals surface area (Å²) < 4.78 is 0. The third kappa shape index (κ3) is 6.32. The van der Waals surface area contributed by atoms with Crippen LogP contribution in [-0.4, -0.2) is 24.0 Å². The molecule has 0 aliphatic heterocycles. The predicted molar refractivity (Wildman–Crippen MR) is 66.3 cm³/mol. The molecule has 90 valence electrons. The van der Waals surface area contributed by atoms with E-state index in [-0.39, 0.29) is 5.54 Å². The van der Waals surface area contributed by atoms with Gasteiger partial charge in [-0.25, -0.2) is 0 Å². The Morgan fingerprint density at radius 2 is 1.88 bits per heavy atom. The van der Waals surface area contributed by atoms with E-state index >= 15 is 0 Å². The highest BCUT2D eigenvalue weighted by Crippen LogP contribution is 2.12. The number of hydrogen-bond acceptors (Lipinski definition) is 3. The van der Waals surface area contributed by atoms with Gasteiger partial charge in [-0.15, -0.1) is 0 Å². The first kappa shape index (κ1) is 14.8. The van der Waals surface area contributed by atoms with Crippen LogP contribution in [0.25, 0.3) is 0 Å². The van der Waals surface area contributed by atoms with Crippen molar-refractivity contribution in [3.05, 3.63) is 35.4 Å². The van der Waals surface area contributed by atoms with E-state index in [9.17, 15) is 4.79 Å². The van der Waals surface area contributed by atoms with E-state index in [1.165, 1.54) is 5.56 Å². The average Bonchev–Trinajstić information content (AvgIpc) is 2.19. The normalized spacial score (nSPS) is 10.3. The molecule has 0 spiro atoms. The zero-order valence-electron chi connectivity index (χ0n) is 10.2. The highest BCUT2D eigenvalue weighted by molar-refractivity contribution is 5.55. The fraction of sp³-hybridized carbons (Fsp3) is 0.462. The molecule has 0 unspecified atom stereocenters. The number of benzene rings is 1. The Balaban J connectivity index is 0.00000106. The molecule has 0 heterocycles. The van der Waals surface area contributed by atoms with Crippen molar-refractivity contribution in [3.8, 4) is 0 Å². The quantitative estimate of drug-likeness (QED) is 0.757. The molecule has 0 saturated heterocycles. The molecule has 1 aromatic rings. The Hall–Kier alpha value is -1.19. The Labute approximate surface area is 97.3 Å². The molecule has 3 N–H and O–H groups in total. The maximum atomic E-state index is 10.3. The van der Waals surface area contributed by atoms with Crippen molar-refractivity contribution in [2.24, 2.45) is 5.73 Å². The van der Waals surface area contributed by atoms with Crippen molar-refractivity contribution in [3.63, 3.8) is 0 Å². The molecule has 3 nitrogen and oxygen atoms in total. The van der Waals surface area contributed by atoms with Crippen molar-refractivity contribution in [1.29, 1.82) is 0 Å². The van der Waals surface area contributed by atoms with Gasteiger partial charge in [0, 0.05) is 19.1 Å². The molecule has 3 heteroatoms. The molecule has 0 fully saturated rings. The van der Waals surface area contributed by atoms with Gasteiger partial charge in [0.05, 0.1) is 0 Å². The van der Waals surface area contributed by atoms with E-state index in [0.717, 1.165) is 25.4 Å². The minimum atomic E-state index is -0.195. The molecule has 0 aromatic heterocycles. The minimum absolute atomic E-state index is 0.195. The van der Waals surface area contributed by atoms with E-state index in [4.69, 9.17) is 10.8 Å². The first-order valence-corrected chi connectivity index (χ1v) is 5.26. The number of carbonyl (C=O) groups excluding carboxylic acids is 1. The Morgan fingerprint density at radius 3 is 2.38 bits per heavy atom. The van der Waals surface area contributed by atoms with Crippen LogP contribution < -0.4 is 5.73 Å². The fourth-order valence-corrected chi connectivity index (χ4v) is 1.49. The lowest BCUT2D eigenvalue weighted by Gasteiger charge is -2.18. The summed E-state index contributed by atoms with van der Waals surface area (Å²) >= 11 is 0. The smallest absolute Gasteiger partial charge is 0.124 e. The van der Waals surface area contributed by atoms with Crippen LogP contribution in [0.5, 0.6) is 0 Å². The molecule has 0 atom stereocenters. The van der Waals surface area contributed by atoms with Gasteiger partial charge in [0.15, 0.2) is 0 Å². The van der Waals surface area contributed by atoms with Gasteiger partial charge in [0.2, 0.25) is 0 Å². The summed E-state index contributed by atoms with van der Waals surface area (Å²) in [6, 6.07) is 8.02. The van der Waals surface area contributed by atoms with Gasteiger partial charge < -0.3 is 15.6 Å². The van der Waals surface area contributed by atoms with Crippen molar-refractivity contribution >= 4 is 6.29 Å². The summed E-state index contributed by atoms with van der Waals surface area (Å²) in [6.45, 7) is 4.00. The van der Waals surface area contributed by atoms with E-state index < -0.39 is 0 Å². The van der Waals surface area contributed by atoms with Crippen LogP contribution >= 0.6 is 0 Å². The van der Waals surface area contributed by atoms with Gasteiger partial charge in [0.25, 0.3) is 0 Å². The third-order valence-electron chi connectivity index (χ3n) is 1.97. The van der Waals surface area contributed by atoms with Gasteiger partial charge in [-0.1, -0.05) is 24.3 Å². The Bertz CT molecular complexity index is 316. The predicted octanol–water partition coefficient (Wildman–Crippen LogP) is 1.32. The van der Waals surface area contributed by atoms with Crippen LogP contribution in [-0.2, 0) is 17.6 Å². The monoisotopic (exact) mass is 223 g/mol. The number of rotatable bonds is 4. The SMILES string of the molecule is CC(C)(N)Cc1cccc(CC=O)c1.CO. The number of carbonyl (C=O) groups is 1. The molecular formula is C13H21NO2. The van der Waals surface area contributed by atoms with Gasteiger partial charge in [0.1, 0.15) is 6.29 Å². The zero-order chi connectivity index (χ0) is 12.6. The summed E-state index contributed by atoms with van der Waals surface area (Å²) in [7, 11) is 1.00. The molecule has 1 aromatic carbocycles. The van der Waals surface area contributed by atoms with Crippen LogP contribution in [0.3, 0.4) is 0 Å². The van der Waals surface area contributed by atoms with Crippen LogP contribution in [0.1, 0.15) is 25.0 Å². The van der Waals surface area contributed by atoms with E-state index in [2.05, 4.69) is 0 Å². The first-order valence-electron chi connectivity index (χ1n) is 5.26. The molecule has 1 rings (SSSR count). The second-order valence-electron chi connectivity index (χ2n) is 4.36. The number of aldehydes is 1. The highest BCUT2D eigenvalue weighted by atomic mass is 16.2. The second-order valence-corrected chi connectivity index (χ2v) is 4.36. The van der Waals surface area contributed by atoms with E-state index in [0.29, 0.717) is 6.42 Å². The summed E-state index contributed by atoms with van der Waals surface area (Å²) in [5.41, 5.74) is 7.98. The van der Waals surface area contributed by atoms with Gasteiger partial charge in [-0.3, -0.25) is 0 Å². The minimum Gasteiger partial charge on any atom is -0.400 e. The topological polar surface area (TPSA) is 63.3 Å². The molecule has 0 radical (unpaired) electrons. The molecule has 0 aliphatic rings. The van der Waals surface area contributed by atoms with Crippen molar-refractivity contribution in [2.75, 3.05) is 7.11 Å². The summed E-state index contributed by atoms with van der Waals surface area (Å²) in [5, 5.41) is 7.00. The summed E-state index contributed by atoms with van der Waals surface area (Å²) in [5.74, 6) is 0. The third-order valence-corrected chi connectivity index (χ3v) is 1.97. The van der Waals surface area contributed by atoms with Gasteiger partial charge in [-0.05, 0) is 31.4 Å². The summed E-state index contributed by atoms with van der Waals surface area (Å²) in [4.78, 5) is 10.3. The molecule has 0 saturated carbocycles. The molecule has 0 bridgehead atoms. The zero-order valence-corrected chi connectivity index (χ0v) is 10.2. The lowest BCUT2D eigenvalue weighted by Crippen LogP contribution is -2.34. The van der Waals surface area contributed by atoms with Gasteiger partial charge in [-0.2, -0.15) is 0 Å². The van der Waals surface area contributed by atoms with Crippen LogP contribution in [0.2, 0.25) is 0 Å². The van der Waals surface area contributed by atoms with E-state index in [1.54, 1.807) is 0 Å². The van der Waals surface area contributed by atoms with Crippen LogP contribution in [0.4, 0.5) is 0 Å². The van der Waals surface area contributed by atoms with Gasteiger partial charge >= 0.3 is 0 Å². The Morgan fingerprint density at radius 1 is 1.31 bits per heavy atom. The van der Waals surface area contributed by atoms with E-state index in [1.807, 2.05) is 38.1 Å². The largest absolute Gasteiger partial charge is 0.400 e. The number of nitrogens with two attached hydrogens (primary N) is 1. The maximum Gasteiger partial charge on any atom is 0.124 e.